The minimum atomic E-state index is -0.363. The van der Waals surface area contributed by atoms with Crippen LogP contribution < -0.4 is 5.32 Å². The molecule has 0 aliphatic carbocycles. The van der Waals surface area contributed by atoms with Crippen LogP contribution in [-0.4, -0.2) is 25.0 Å². The molecule has 1 aromatic carbocycles. The van der Waals surface area contributed by atoms with Crippen LogP contribution in [0.25, 0.3) is 0 Å². The van der Waals surface area contributed by atoms with Crippen LogP contribution in [-0.2, 0) is 20.7 Å². The molecule has 1 heterocycles. The Morgan fingerprint density at radius 2 is 2.11 bits per heavy atom. The summed E-state index contributed by atoms with van der Waals surface area (Å²) in [7, 11) is 0. The van der Waals surface area contributed by atoms with Gasteiger partial charge in [0.2, 0.25) is 5.91 Å². The molecule has 0 saturated carbocycles. The van der Waals surface area contributed by atoms with Crippen molar-refractivity contribution in [3.8, 4) is 0 Å². The van der Waals surface area contributed by atoms with Crippen LogP contribution in [0.15, 0.2) is 30.3 Å². The Morgan fingerprint density at radius 3 is 2.78 bits per heavy atom. The van der Waals surface area contributed by atoms with Crippen LogP contribution in [0.3, 0.4) is 0 Å². The Labute approximate surface area is 106 Å². The predicted molar refractivity (Wildman–Crippen MR) is 66.8 cm³/mol. The molecular formula is C14H17NO3. The van der Waals surface area contributed by atoms with E-state index in [1.807, 2.05) is 30.3 Å². The quantitative estimate of drug-likeness (QED) is 0.812. The highest BCUT2D eigenvalue weighted by atomic mass is 16.5. The van der Waals surface area contributed by atoms with Crippen molar-refractivity contribution in [1.29, 1.82) is 0 Å². The third-order valence-corrected chi connectivity index (χ3v) is 3.21. The van der Waals surface area contributed by atoms with Crippen molar-refractivity contribution in [2.45, 2.75) is 13.3 Å². The molecule has 1 saturated heterocycles. The van der Waals surface area contributed by atoms with E-state index in [-0.39, 0.29) is 23.7 Å². The molecule has 1 aromatic rings. The van der Waals surface area contributed by atoms with Crippen LogP contribution in [0, 0.1) is 11.8 Å². The van der Waals surface area contributed by atoms with Gasteiger partial charge in [-0.15, -0.1) is 0 Å². The van der Waals surface area contributed by atoms with E-state index in [0.717, 1.165) is 5.56 Å². The van der Waals surface area contributed by atoms with E-state index in [2.05, 4.69) is 5.32 Å². The first-order chi connectivity index (χ1) is 8.72. The molecule has 18 heavy (non-hydrogen) atoms. The largest absolute Gasteiger partial charge is 0.466 e. The summed E-state index contributed by atoms with van der Waals surface area (Å²) in [5, 5.41) is 2.74. The Hall–Kier alpha value is -1.84. The maximum Gasteiger partial charge on any atom is 0.311 e. The van der Waals surface area contributed by atoms with Gasteiger partial charge in [0.15, 0.2) is 0 Å². The number of amides is 1. The van der Waals surface area contributed by atoms with Gasteiger partial charge in [0.05, 0.1) is 18.4 Å². The zero-order chi connectivity index (χ0) is 13.0. The summed E-state index contributed by atoms with van der Waals surface area (Å²) in [5.74, 6) is -1.02. The van der Waals surface area contributed by atoms with E-state index < -0.39 is 0 Å². The van der Waals surface area contributed by atoms with Crippen molar-refractivity contribution >= 4 is 11.9 Å². The summed E-state index contributed by atoms with van der Waals surface area (Å²) in [6, 6.07) is 9.73. The van der Waals surface area contributed by atoms with Gasteiger partial charge >= 0.3 is 5.97 Å². The predicted octanol–water partition coefficient (Wildman–Crippen LogP) is 1.15. The molecule has 1 fully saturated rings. The van der Waals surface area contributed by atoms with Gasteiger partial charge in [0.1, 0.15) is 0 Å². The standard InChI is InChI=1S/C14H17NO3/c1-2-18-14(17)12-9-15-13(16)11(12)8-10-6-4-3-5-7-10/h3-7,11-12H,2,8-9H2,1H3,(H,15,16)/t11-,12-/m1/s1. The summed E-state index contributed by atoms with van der Waals surface area (Å²) in [4.78, 5) is 23.6. The lowest BCUT2D eigenvalue weighted by Crippen LogP contribution is -2.27. The van der Waals surface area contributed by atoms with Crippen LogP contribution in [0.5, 0.6) is 0 Å². The Kier molecular flexibility index (Phi) is 3.97. The van der Waals surface area contributed by atoms with Gasteiger partial charge < -0.3 is 10.1 Å². The molecule has 4 nitrogen and oxygen atoms in total. The second-order valence-electron chi connectivity index (χ2n) is 4.40. The van der Waals surface area contributed by atoms with Crippen molar-refractivity contribution in [2.75, 3.05) is 13.2 Å². The third-order valence-electron chi connectivity index (χ3n) is 3.21. The Balaban J connectivity index is 2.08. The molecule has 4 heteroatoms. The molecule has 1 N–H and O–H groups in total. The van der Waals surface area contributed by atoms with Crippen LogP contribution in [0.4, 0.5) is 0 Å². The number of rotatable bonds is 4. The number of hydrogen-bond acceptors (Lipinski definition) is 3. The van der Waals surface area contributed by atoms with Crippen LogP contribution in [0.2, 0.25) is 0 Å². The van der Waals surface area contributed by atoms with Gasteiger partial charge in [-0.3, -0.25) is 9.59 Å². The third kappa shape index (κ3) is 2.70. The van der Waals surface area contributed by atoms with Crippen molar-refractivity contribution in [3.05, 3.63) is 35.9 Å². The second-order valence-corrected chi connectivity index (χ2v) is 4.40. The number of ether oxygens (including phenoxy) is 1. The number of carbonyl (C=O) groups excluding carboxylic acids is 2. The molecule has 0 aromatic heterocycles. The molecule has 0 spiro atoms. The van der Waals surface area contributed by atoms with E-state index in [4.69, 9.17) is 4.74 Å². The van der Waals surface area contributed by atoms with E-state index in [1.165, 1.54) is 0 Å². The van der Waals surface area contributed by atoms with Crippen molar-refractivity contribution in [2.24, 2.45) is 11.8 Å². The Morgan fingerprint density at radius 1 is 1.39 bits per heavy atom. The number of nitrogens with one attached hydrogen (secondary N) is 1. The average Bonchev–Trinajstić information content (AvgIpc) is 2.73. The molecule has 0 unspecified atom stereocenters. The van der Waals surface area contributed by atoms with Crippen molar-refractivity contribution < 1.29 is 14.3 Å². The zero-order valence-electron chi connectivity index (χ0n) is 10.4. The van der Waals surface area contributed by atoms with Gasteiger partial charge in [-0.2, -0.15) is 0 Å². The number of esters is 1. The van der Waals surface area contributed by atoms with Gasteiger partial charge in [0.25, 0.3) is 0 Å². The highest BCUT2D eigenvalue weighted by Crippen LogP contribution is 2.23. The van der Waals surface area contributed by atoms with Crippen molar-refractivity contribution in [1.82, 2.24) is 5.32 Å². The molecular weight excluding hydrogens is 230 g/mol. The molecule has 1 amide bonds. The fourth-order valence-electron chi connectivity index (χ4n) is 2.27. The second kappa shape index (κ2) is 5.67. The maximum absolute atomic E-state index is 11.8. The lowest BCUT2D eigenvalue weighted by Gasteiger charge is -2.15. The number of hydrogen-bond donors (Lipinski definition) is 1. The van der Waals surface area contributed by atoms with E-state index in [0.29, 0.717) is 19.6 Å². The van der Waals surface area contributed by atoms with E-state index in [9.17, 15) is 9.59 Å². The van der Waals surface area contributed by atoms with E-state index in [1.54, 1.807) is 6.92 Å². The molecule has 1 aliphatic rings. The van der Waals surface area contributed by atoms with Gasteiger partial charge in [0, 0.05) is 6.54 Å². The molecule has 2 rings (SSSR count). The SMILES string of the molecule is CCOC(=O)[C@@H]1CNC(=O)[C@@H]1Cc1ccccc1. The maximum atomic E-state index is 11.8. The number of carbonyl (C=O) groups is 2. The van der Waals surface area contributed by atoms with Crippen LogP contribution >= 0.6 is 0 Å². The average molecular weight is 247 g/mol. The highest BCUT2D eigenvalue weighted by molar-refractivity contribution is 5.89. The zero-order valence-corrected chi connectivity index (χ0v) is 10.4. The lowest BCUT2D eigenvalue weighted by atomic mass is 9.89. The van der Waals surface area contributed by atoms with Gasteiger partial charge in [-0.1, -0.05) is 30.3 Å². The lowest BCUT2D eigenvalue weighted by molar-refractivity contribution is -0.149. The molecule has 0 bridgehead atoms. The number of benzene rings is 1. The first-order valence-corrected chi connectivity index (χ1v) is 6.20. The molecule has 0 radical (unpaired) electrons. The summed E-state index contributed by atoms with van der Waals surface area (Å²) < 4.78 is 5.01. The van der Waals surface area contributed by atoms with Crippen molar-refractivity contribution in [3.63, 3.8) is 0 Å². The monoisotopic (exact) mass is 247 g/mol. The molecule has 1 aliphatic heterocycles. The topological polar surface area (TPSA) is 55.4 Å². The van der Waals surface area contributed by atoms with Gasteiger partial charge in [-0.25, -0.2) is 0 Å². The normalized spacial score (nSPS) is 22.6. The molecule has 2 atom stereocenters. The fourth-order valence-corrected chi connectivity index (χ4v) is 2.27. The first-order valence-electron chi connectivity index (χ1n) is 6.20. The molecule has 96 valence electrons. The summed E-state index contributed by atoms with van der Waals surface area (Å²) >= 11 is 0. The highest BCUT2D eigenvalue weighted by Gasteiger charge is 2.40. The summed E-state index contributed by atoms with van der Waals surface area (Å²) in [6.45, 7) is 2.51. The van der Waals surface area contributed by atoms with Gasteiger partial charge in [-0.05, 0) is 18.9 Å². The fraction of sp³-hybridized carbons (Fsp3) is 0.429. The minimum Gasteiger partial charge on any atom is -0.466 e. The minimum absolute atomic E-state index is 0.0584. The first kappa shape index (κ1) is 12.6. The van der Waals surface area contributed by atoms with E-state index >= 15 is 0 Å². The smallest absolute Gasteiger partial charge is 0.311 e. The van der Waals surface area contributed by atoms with Crippen LogP contribution in [0.1, 0.15) is 12.5 Å². The summed E-state index contributed by atoms with van der Waals surface area (Å²) in [6.07, 6.45) is 0.580. The summed E-state index contributed by atoms with van der Waals surface area (Å²) in [5.41, 5.74) is 1.06. The Bertz CT molecular complexity index is 430.